The highest BCUT2D eigenvalue weighted by Crippen LogP contribution is 2.38. The average Bonchev–Trinajstić information content (AvgIpc) is 3.65. The molecule has 0 spiro atoms. The van der Waals surface area contributed by atoms with E-state index in [1.165, 1.54) is 14.2 Å². The Morgan fingerprint density at radius 2 is 1.22 bits per heavy atom. The number of aryl methyl sites for hydroxylation is 2. The number of nitrogens with zero attached hydrogens (tertiary/aromatic N) is 2. The summed E-state index contributed by atoms with van der Waals surface area (Å²) >= 11 is 2.28. The SMILES string of the molecule is COC(=O)CCC1=C(C)c2cc3[nH]c(cc4[nH]c(cc5nc(cc1n2)C(CCC(=O)OC)=C5C)c(C=C(F)F)c4C)c(I)c3C. The smallest absolute Gasteiger partial charge is 0.305 e. The van der Waals surface area contributed by atoms with E-state index in [9.17, 15) is 18.4 Å². The summed E-state index contributed by atoms with van der Waals surface area (Å²) in [5, 5.41) is 0. The van der Waals surface area contributed by atoms with Crippen LogP contribution in [-0.4, -0.2) is 46.1 Å². The van der Waals surface area contributed by atoms with Crippen molar-refractivity contribution in [1.82, 2.24) is 19.9 Å². The molecular formula is C34H33F2IN4O4. The molecule has 0 unspecified atom stereocenters. The van der Waals surface area contributed by atoms with Gasteiger partial charge in [-0.3, -0.25) is 9.59 Å². The van der Waals surface area contributed by atoms with Crippen molar-refractivity contribution in [3.8, 4) is 0 Å². The second-order valence-corrected chi connectivity index (χ2v) is 12.1. The predicted octanol–water partition coefficient (Wildman–Crippen LogP) is 8.54. The normalized spacial score (nSPS) is 12.9. The zero-order valence-corrected chi connectivity index (χ0v) is 28.0. The number of fused-ring (bicyclic) bond motifs is 8. The Balaban J connectivity index is 1.89. The van der Waals surface area contributed by atoms with Gasteiger partial charge < -0.3 is 19.4 Å². The number of rotatable bonds is 7. The van der Waals surface area contributed by atoms with E-state index in [1.54, 1.807) is 13.0 Å². The van der Waals surface area contributed by atoms with Crippen LogP contribution in [0.2, 0.25) is 0 Å². The van der Waals surface area contributed by atoms with Crippen molar-refractivity contribution < 1.29 is 27.8 Å². The molecule has 5 heterocycles. The van der Waals surface area contributed by atoms with Gasteiger partial charge in [0, 0.05) is 44.6 Å². The van der Waals surface area contributed by atoms with Crippen LogP contribution in [0, 0.1) is 17.4 Å². The van der Waals surface area contributed by atoms with Crippen molar-refractivity contribution in [1.29, 1.82) is 0 Å². The minimum Gasteiger partial charge on any atom is -0.469 e. The van der Waals surface area contributed by atoms with Gasteiger partial charge in [-0.1, -0.05) is 0 Å². The summed E-state index contributed by atoms with van der Waals surface area (Å²) in [7, 11) is 2.71. The fourth-order valence-corrected chi connectivity index (χ4v) is 6.26. The third-order valence-electron chi connectivity index (χ3n) is 8.37. The van der Waals surface area contributed by atoms with Gasteiger partial charge >= 0.3 is 11.9 Å². The fraction of sp³-hybridized carbons (Fsp3) is 0.294. The van der Waals surface area contributed by atoms with Crippen LogP contribution >= 0.6 is 22.6 Å². The number of hydrogen-bond acceptors (Lipinski definition) is 6. The molecule has 5 rings (SSSR count). The van der Waals surface area contributed by atoms with E-state index in [-0.39, 0.29) is 24.8 Å². The number of carbonyl (C=O) groups is 2. The molecule has 3 aromatic rings. The molecule has 0 atom stereocenters. The average molecular weight is 727 g/mol. The highest BCUT2D eigenvalue weighted by molar-refractivity contribution is 14.1. The Kier molecular flexibility index (Phi) is 9.38. The molecule has 0 amide bonds. The number of hydrogen-bond donors (Lipinski definition) is 2. The van der Waals surface area contributed by atoms with E-state index in [1.807, 2.05) is 39.0 Å². The van der Waals surface area contributed by atoms with Crippen LogP contribution in [0.1, 0.15) is 79.0 Å². The number of ether oxygens (including phenoxy) is 2. The molecule has 0 radical (unpaired) electrons. The molecule has 0 saturated carbocycles. The Bertz CT molecular complexity index is 2000. The summed E-state index contributed by atoms with van der Waals surface area (Å²) in [6.07, 6.45) is 0.148. The van der Waals surface area contributed by atoms with Crippen LogP contribution < -0.4 is 0 Å². The van der Waals surface area contributed by atoms with Gasteiger partial charge in [-0.15, -0.1) is 0 Å². The maximum atomic E-state index is 13.7. The van der Waals surface area contributed by atoms with Gasteiger partial charge in [0.2, 0.25) is 0 Å². The van der Waals surface area contributed by atoms with E-state index in [2.05, 4.69) is 32.6 Å². The zero-order chi connectivity index (χ0) is 32.6. The first-order valence-corrected chi connectivity index (χ1v) is 15.5. The predicted molar refractivity (Wildman–Crippen MR) is 181 cm³/mol. The molecule has 0 aliphatic carbocycles. The summed E-state index contributed by atoms with van der Waals surface area (Å²) in [5.41, 5.74) is 11.0. The highest BCUT2D eigenvalue weighted by atomic mass is 127. The number of halogens is 3. The molecule has 3 aromatic heterocycles. The Morgan fingerprint density at radius 3 is 1.73 bits per heavy atom. The molecule has 8 nitrogen and oxygen atoms in total. The molecule has 8 bridgehead atoms. The van der Waals surface area contributed by atoms with Crippen molar-refractivity contribution in [2.45, 2.75) is 53.4 Å². The first kappa shape index (κ1) is 32.3. The largest absolute Gasteiger partial charge is 0.469 e. The number of aromatic amines is 2. The molecule has 45 heavy (non-hydrogen) atoms. The van der Waals surface area contributed by atoms with Gasteiger partial charge in [-0.25, -0.2) is 9.97 Å². The maximum Gasteiger partial charge on any atom is 0.305 e. The molecule has 0 aromatic carbocycles. The van der Waals surface area contributed by atoms with E-state index in [4.69, 9.17) is 19.4 Å². The molecule has 2 aliphatic rings. The Morgan fingerprint density at radius 1 is 0.733 bits per heavy atom. The topological polar surface area (TPSA) is 110 Å². The third kappa shape index (κ3) is 6.49. The Labute approximate surface area is 272 Å². The second kappa shape index (κ2) is 13.1. The summed E-state index contributed by atoms with van der Waals surface area (Å²) in [5.74, 6) is -0.682. The number of allylic oxidation sites excluding steroid dienone is 4. The minimum absolute atomic E-state index is 0.139. The third-order valence-corrected chi connectivity index (χ3v) is 9.76. The lowest BCUT2D eigenvalue weighted by Crippen LogP contribution is -2.01. The summed E-state index contributed by atoms with van der Waals surface area (Å²) < 4.78 is 38.1. The fourth-order valence-electron chi connectivity index (χ4n) is 5.68. The molecule has 0 fully saturated rings. The number of esters is 2. The van der Waals surface area contributed by atoms with Gasteiger partial charge in [0.05, 0.1) is 42.5 Å². The molecule has 0 saturated heterocycles. The van der Waals surface area contributed by atoms with E-state index in [0.29, 0.717) is 52.1 Å². The lowest BCUT2D eigenvalue weighted by molar-refractivity contribution is -0.141. The lowest BCUT2D eigenvalue weighted by Gasteiger charge is -2.06. The van der Waals surface area contributed by atoms with Gasteiger partial charge in [-0.2, -0.15) is 8.78 Å². The number of carbonyl (C=O) groups excluding carboxylic acids is 2. The maximum absolute atomic E-state index is 13.7. The van der Waals surface area contributed by atoms with Gasteiger partial charge in [0.1, 0.15) is 0 Å². The molecule has 11 heteroatoms. The van der Waals surface area contributed by atoms with Crippen LogP contribution in [0.15, 0.2) is 30.3 Å². The highest BCUT2D eigenvalue weighted by Gasteiger charge is 2.23. The van der Waals surface area contributed by atoms with Crippen LogP contribution in [-0.2, 0) is 19.1 Å². The standard InChI is InChI=1S/C34H33F2IN4O4/c1-16-20(7-9-32(42)44-5)27-15-28-21(8-10-33(43)45-6)17(2)24(39-28)13-29-22(11-31(35)36)18(3)25(40-29)14-30-34(37)19(4)26(41-30)12-23(16)38-27/h11-15,40-41H,7-10H2,1-6H3. The van der Waals surface area contributed by atoms with Crippen LogP contribution in [0.25, 0.3) is 50.4 Å². The van der Waals surface area contributed by atoms with Crippen molar-refractivity contribution in [2.24, 2.45) is 0 Å². The number of nitrogens with one attached hydrogen (secondary N) is 2. The van der Waals surface area contributed by atoms with Crippen molar-refractivity contribution >= 4 is 85.0 Å². The minimum atomic E-state index is -1.81. The van der Waals surface area contributed by atoms with Crippen molar-refractivity contribution in [2.75, 3.05) is 14.2 Å². The first-order valence-electron chi connectivity index (χ1n) is 14.4. The second-order valence-electron chi connectivity index (χ2n) is 11.0. The summed E-state index contributed by atoms with van der Waals surface area (Å²) in [6.45, 7) is 7.70. The quantitative estimate of drug-likeness (QED) is 0.187. The first-order chi connectivity index (χ1) is 21.4. The van der Waals surface area contributed by atoms with E-state index < -0.39 is 6.08 Å². The molecular weight excluding hydrogens is 693 g/mol. The monoisotopic (exact) mass is 726 g/mol. The summed E-state index contributed by atoms with van der Waals surface area (Å²) in [6, 6.07) is 7.53. The van der Waals surface area contributed by atoms with E-state index >= 15 is 0 Å². The van der Waals surface area contributed by atoms with Gasteiger partial charge in [-0.05, 0) is 121 Å². The van der Waals surface area contributed by atoms with Crippen LogP contribution in [0.3, 0.4) is 0 Å². The van der Waals surface area contributed by atoms with Crippen LogP contribution in [0.4, 0.5) is 8.78 Å². The lowest BCUT2D eigenvalue weighted by atomic mass is 9.98. The van der Waals surface area contributed by atoms with Crippen LogP contribution in [0.5, 0.6) is 0 Å². The number of methoxy groups -OCH3 is 2. The van der Waals surface area contributed by atoms with Gasteiger partial charge in [0.15, 0.2) is 0 Å². The number of aromatic nitrogens is 4. The van der Waals surface area contributed by atoms with Crippen molar-refractivity contribution in [3.63, 3.8) is 0 Å². The zero-order valence-electron chi connectivity index (χ0n) is 25.9. The molecule has 2 N–H and O–H groups in total. The Hall–Kier alpha value is -4.13. The molecule has 2 aliphatic heterocycles. The number of H-pyrrole nitrogens is 2. The molecule has 234 valence electrons. The van der Waals surface area contributed by atoms with Gasteiger partial charge in [0.25, 0.3) is 6.08 Å². The summed E-state index contributed by atoms with van der Waals surface area (Å²) in [4.78, 5) is 41.0. The van der Waals surface area contributed by atoms with E-state index in [0.717, 1.165) is 54.2 Å². The van der Waals surface area contributed by atoms with Crippen molar-refractivity contribution in [3.05, 3.63) is 73.4 Å².